The minimum Gasteiger partial charge on any atom is -0.398 e. The predicted octanol–water partition coefficient (Wildman–Crippen LogP) is 2.60. The largest absolute Gasteiger partial charge is 0.398 e. The van der Waals surface area contributed by atoms with E-state index in [2.05, 4.69) is 41.9 Å². The smallest absolute Gasteiger partial charge is 0.0463 e. The van der Waals surface area contributed by atoms with Crippen molar-refractivity contribution in [2.45, 2.75) is 13.3 Å². The Kier molecular flexibility index (Phi) is 4.79. The maximum absolute atomic E-state index is 6.07. The summed E-state index contributed by atoms with van der Waals surface area (Å²) in [6.45, 7) is 5.29. The van der Waals surface area contributed by atoms with Gasteiger partial charge in [-0.25, -0.2) is 0 Å². The fourth-order valence-corrected chi connectivity index (χ4v) is 2.42. The van der Waals surface area contributed by atoms with Gasteiger partial charge in [0.15, 0.2) is 0 Å². The first kappa shape index (κ1) is 14.6. The molecule has 2 aromatic rings. The van der Waals surface area contributed by atoms with E-state index >= 15 is 0 Å². The van der Waals surface area contributed by atoms with Crippen LogP contribution < -0.4 is 10.6 Å². The van der Waals surface area contributed by atoms with Gasteiger partial charge in [0.05, 0.1) is 0 Å². The molecule has 0 saturated carbocycles. The lowest BCUT2D eigenvalue weighted by atomic mass is 10.1. The van der Waals surface area contributed by atoms with Crippen LogP contribution in [-0.4, -0.2) is 43.6 Å². The number of fused-ring (bicyclic) bond motifs is 1. The van der Waals surface area contributed by atoms with Gasteiger partial charge in [-0.05, 0) is 38.7 Å². The molecule has 108 valence electrons. The summed E-state index contributed by atoms with van der Waals surface area (Å²) in [4.78, 5) is 8.89. The molecule has 0 aliphatic rings. The second kappa shape index (κ2) is 6.57. The number of anilines is 2. The Labute approximate surface area is 121 Å². The van der Waals surface area contributed by atoms with Gasteiger partial charge in [0.2, 0.25) is 0 Å². The number of nitrogen functional groups attached to an aromatic ring is 1. The Morgan fingerprint density at radius 2 is 1.85 bits per heavy atom. The van der Waals surface area contributed by atoms with Gasteiger partial charge in [-0.2, -0.15) is 0 Å². The number of pyridine rings is 1. The van der Waals surface area contributed by atoms with Gasteiger partial charge >= 0.3 is 0 Å². The third kappa shape index (κ3) is 3.20. The zero-order valence-electron chi connectivity index (χ0n) is 12.6. The van der Waals surface area contributed by atoms with Crippen molar-refractivity contribution >= 4 is 22.1 Å². The molecule has 2 rings (SSSR count). The van der Waals surface area contributed by atoms with Gasteiger partial charge in [0.1, 0.15) is 0 Å². The van der Waals surface area contributed by atoms with Crippen LogP contribution in [0.1, 0.15) is 13.3 Å². The molecular formula is C16H24N4. The van der Waals surface area contributed by atoms with Crippen molar-refractivity contribution in [1.82, 2.24) is 9.88 Å². The predicted molar refractivity (Wildman–Crippen MR) is 87.2 cm³/mol. The van der Waals surface area contributed by atoms with Crippen molar-refractivity contribution in [3.63, 3.8) is 0 Å². The topological polar surface area (TPSA) is 45.4 Å². The van der Waals surface area contributed by atoms with Crippen molar-refractivity contribution < 1.29 is 0 Å². The maximum atomic E-state index is 6.07. The summed E-state index contributed by atoms with van der Waals surface area (Å²) in [5.41, 5.74) is 8.11. The third-order valence-corrected chi connectivity index (χ3v) is 3.48. The second-order valence-corrected chi connectivity index (χ2v) is 5.39. The molecule has 0 spiro atoms. The fraction of sp³-hybridized carbons (Fsp3) is 0.438. The summed E-state index contributed by atoms with van der Waals surface area (Å²) < 4.78 is 0. The van der Waals surface area contributed by atoms with Crippen molar-refractivity contribution in [2.24, 2.45) is 0 Å². The number of benzene rings is 1. The SMILES string of the molecule is CCCN(CCN(C)C)c1ccc(N)c2ccncc12. The standard InChI is InChI=1S/C16H24N4/c1-4-9-20(11-10-19(2)3)16-6-5-15(17)13-7-8-18-12-14(13)16/h5-8,12H,4,9-11,17H2,1-3H3. The van der Waals surface area contributed by atoms with E-state index in [-0.39, 0.29) is 0 Å². The van der Waals surface area contributed by atoms with Crippen molar-refractivity contribution in [2.75, 3.05) is 44.4 Å². The summed E-state index contributed by atoms with van der Waals surface area (Å²) in [5.74, 6) is 0. The van der Waals surface area contributed by atoms with Crippen LogP contribution in [0.4, 0.5) is 11.4 Å². The summed E-state index contributed by atoms with van der Waals surface area (Å²) in [6, 6.07) is 6.10. The fourth-order valence-electron chi connectivity index (χ4n) is 2.42. The Morgan fingerprint density at radius 1 is 1.05 bits per heavy atom. The molecule has 20 heavy (non-hydrogen) atoms. The van der Waals surface area contributed by atoms with Crippen LogP contribution in [0.5, 0.6) is 0 Å². The summed E-state index contributed by atoms with van der Waals surface area (Å²) >= 11 is 0. The highest BCUT2D eigenvalue weighted by atomic mass is 15.2. The molecule has 0 fully saturated rings. The number of rotatable bonds is 6. The van der Waals surface area contributed by atoms with Gasteiger partial charge in [-0.1, -0.05) is 6.92 Å². The molecule has 0 bridgehead atoms. The maximum Gasteiger partial charge on any atom is 0.0463 e. The third-order valence-electron chi connectivity index (χ3n) is 3.48. The first-order valence-electron chi connectivity index (χ1n) is 7.15. The van der Waals surface area contributed by atoms with E-state index < -0.39 is 0 Å². The zero-order valence-corrected chi connectivity index (χ0v) is 12.6. The minimum atomic E-state index is 0.815. The quantitative estimate of drug-likeness (QED) is 0.821. The summed E-state index contributed by atoms with van der Waals surface area (Å²) in [7, 11) is 4.21. The molecule has 1 aromatic carbocycles. The number of aromatic nitrogens is 1. The molecule has 0 unspecified atom stereocenters. The van der Waals surface area contributed by atoms with Crippen LogP contribution in [0, 0.1) is 0 Å². The van der Waals surface area contributed by atoms with E-state index in [4.69, 9.17) is 5.73 Å². The van der Waals surface area contributed by atoms with Crippen molar-refractivity contribution in [1.29, 1.82) is 0 Å². The van der Waals surface area contributed by atoms with E-state index in [0.29, 0.717) is 0 Å². The lowest BCUT2D eigenvalue weighted by Crippen LogP contribution is -2.32. The molecule has 2 N–H and O–H groups in total. The number of hydrogen-bond acceptors (Lipinski definition) is 4. The van der Waals surface area contributed by atoms with Crippen LogP contribution in [0.25, 0.3) is 10.8 Å². The molecule has 0 saturated heterocycles. The van der Waals surface area contributed by atoms with Gasteiger partial charge in [-0.3, -0.25) is 4.98 Å². The zero-order chi connectivity index (χ0) is 14.5. The lowest BCUT2D eigenvalue weighted by Gasteiger charge is -2.27. The van der Waals surface area contributed by atoms with Crippen LogP contribution in [0.15, 0.2) is 30.6 Å². The van der Waals surface area contributed by atoms with E-state index in [1.165, 1.54) is 5.69 Å². The summed E-state index contributed by atoms with van der Waals surface area (Å²) in [5, 5.41) is 2.23. The Balaban J connectivity index is 2.40. The molecule has 0 atom stereocenters. The molecule has 0 radical (unpaired) electrons. The molecule has 4 heteroatoms. The van der Waals surface area contributed by atoms with Crippen LogP contribution >= 0.6 is 0 Å². The van der Waals surface area contributed by atoms with Gasteiger partial charge in [-0.15, -0.1) is 0 Å². The molecule has 0 aliphatic carbocycles. The monoisotopic (exact) mass is 272 g/mol. The number of nitrogens with zero attached hydrogens (tertiary/aromatic N) is 3. The molecule has 0 amide bonds. The van der Waals surface area contributed by atoms with E-state index in [1.54, 1.807) is 6.20 Å². The average molecular weight is 272 g/mol. The van der Waals surface area contributed by atoms with Gasteiger partial charge < -0.3 is 15.5 Å². The molecular weight excluding hydrogens is 248 g/mol. The van der Waals surface area contributed by atoms with Crippen LogP contribution in [0.2, 0.25) is 0 Å². The van der Waals surface area contributed by atoms with Crippen LogP contribution in [0.3, 0.4) is 0 Å². The average Bonchev–Trinajstić information content (AvgIpc) is 2.44. The highest BCUT2D eigenvalue weighted by Crippen LogP contribution is 2.30. The highest BCUT2D eigenvalue weighted by molar-refractivity contribution is 6.00. The summed E-state index contributed by atoms with van der Waals surface area (Å²) in [6.07, 6.45) is 4.84. The van der Waals surface area contributed by atoms with Crippen LogP contribution in [-0.2, 0) is 0 Å². The van der Waals surface area contributed by atoms with Gasteiger partial charge in [0, 0.05) is 54.2 Å². The number of nitrogens with two attached hydrogens (primary N) is 1. The highest BCUT2D eigenvalue weighted by Gasteiger charge is 2.11. The van der Waals surface area contributed by atoms with Crippen molar-refractivity contribution in [3.8, 4) is 0 Å². The first-order chi connectivity index (χ1) is 9.63. The Bertz CT molecular complexity index is 565. The number of likely N-dealkylation sites (N-methyl/N-ethyl adjacent to an activating group) is 1. The van der Waals surface area contributed by atoms with E-state index in [0.717, 1.165) is 42.5 Å². The molecule has 1 aromatic heterocycles. The molecule has 4 nitrogen and oxygen atoms in total. The first-order valence-corrected chi connectivity index (χ1v) is 7.15. The Hall–Kier alpha value is -1.81. The van der Waals surface area contributed by atoms with E-state index in [9.17, 15) is 0 Å². The van der Waals surface area contributed by atoms with E-state index in [1.807, 2.05) is 18.3 Å². The molecule has 0 aliphatic heterocycles. The minimum absolute atomic E-state index is 0.815. The second-order valence-electron chi connectivity index (χ2n) is 5.39. The Morgan fingerprint density at radius 3 is 2.55 bits per heavy atom. The normalized spacial score (nSPS) is 11.2. The molecule has 1 heterocycles. The van der Waals surface area contributed by atoms with Gasteiger partial charge in [0.25, 0.3) is 0 Å². The lowest BCUT2D eigenvalue weighted by molar-refractivity contribution is 0.413. The number of hydrogen-bond donors (Lipinski definition) is 1. The van der Waals surface area contributed by atoms with Crippen molar-refractivity contribution in [3.05, 3.63) is 30.6 Å².